The van der Waals surface area contributed by atoms with Crippen LogP contribution >= 0.6 is 31.9 Å². The van der Waals surface area contributed by atoms with Gasteiger partial charge in [0.1, 0.15) is 28.7 Å². The Bertz CT molecular complexity index is 3350. The lowest BCUT2D eigenvalue weighted by Gasteiger charge is -2.12. The van der Waals surface area contributed by atoms with E-state index < -0.39 is 0 Å². The van der Waals surface area contributed by atoms with Crippen LogP contribution in [0.4, 0.5) is 5.82 Å². The second kappa shape index (κ2) is 22.7. The summed E-state index contributed by atoms with van der Waals surface area (Å²) in [4.78, 5) is 14.5. The highest BCUT2D eigenvalue weighted by atomic mass is 79.9. The molecule has 0 saturated heterocycles. The third kappa shape index (κ3) is 11.4. The first-order valence-corrected chi connectivity index (χ1v) is 24.8. The average molecular weight is 1060 g/mol. The topological polar surface area (TPSA) is 136 Å². The van der Waals surface area contributed by atoms with Crippen LogP contribution in [0.1, 0.15) is 46.7 Å². The number of methoxy groups -OCH3 is 2. The van der Waals surface area contributed by atoms with Crippen molar-refractivity contribution in [3.63, 3.8) is 0 Å². The van der Waals surface area contributed by atoms with E-state index in [1.165, 1.54) is 11.1 Å². The van der Waals surface area contributed by atoms with Gasteiger partial charge >= 0.3 is 0 Å². The highest BCUT2D eigenvalue weighted by Gasteiger charge is 2.22. The highest BCUT2D eigenvalue weighted by molar-refractivity contribution is 9.10. The van der Waals surface area contributed by atoms with Gasteiger partial charge in [-0.05, 0) is 89.7 Å². The maximum atomic E-state index is 10.6. The molecule has 0 aliphatic rings. The number of benzene rings is 6. The molecule has 0 unspecified atom stereocenters. The van der Waals surface area contributed by atoms with Gasteiger partial charge in [0.05, 0.1) is 49.4 Å². The van der Waals surface area contributed by atoms with E-state index in [1.807, 2.05) is 91.0 Å². The second-order valence-electron chi connectivity index (χ2n) is 16.9. The molecular formula is C56H54Br2N7O5+. The highest BCUT2D eigenvalue weighted by Crippen LogP contribution is 2.32. The third-order valence-corrected chi connectivity index (χ3v) is 13.1. The van der Waals surface area contributed by atoms with Crippen LogP contribution in [0.5, 0.6) is 11.5 Å². The molecule has 0 amide bonds. The van der Waals surface area contributed by atoms with Gasteiger partial charge in [-0.15, -0.1) is 0 Å². The summed E-state index contributed by atoms with van der Waals surface area (Å²) in [6, 6.07) is 48.7. The van der Waals surface area contributed by atoms with Crippen molar-refractivity contribution in [1.82, 2.24) is 24.1 Å². The smallest absolute Gasteiger partial charge is 0.267 e. The Morgan fingerprint density at radius 2 is 1.07 bits per heavy atom. The molecule has 14 heteroatoms. The maximum Gasteiger partial charge on any atom is 0.267 e. The predicted molar refractivity (Wildman–Crippen MR) is 282 cm³/mol. The number of nitrogens with zero attached hydrogens (tertiary/aromatic N) is 6. The van der Waals surface area contributed by atoms with Crippen LogP contribution in [0, 0.1) is 0 Å². The molecule has 4 heterocycles. The van der Waals surface area contributed by atoms with E-state index in [0.29, 0.717) is 45.3 Å². The van der Waals surface area contributed by atoms with Gasteiger partial charge in [0.25, 0.3) is 11.7 Å². The van der Waals surface area contributed by atoms with E-state index in [4.69, 9.17) is 34.6 Å². The van der Waals surface area contributed by atoms with Crippen molar-refractivity contribution in [2.75, 3.05) is 33.2 Å². The van der Waals surface area contributed by atoms with E-state index in [0.717, 1.165) is 118 Å². The van der Waals surface area contributed by atoms with Crippen LogP contribution in [0.3, 0.4) is 0 Å². The number of imidazole rings is 2. The number of pyridine rings is 2. The zero-order valence-electron chi connectivity index (χ0n) is 39.1. The van der Waals surface area contributed by atoms with Crippen molar-refractivity contribution in [1.29, 1.82) is 0 Å². The lowest BCUT2D eigenvalue weighted by atomic mass is 10.1. The van der Waals surface area contributed by atoms with Crippen molar-refractivity contribution in [2.24, 2.45) is 0 Å². The number of aromatic nitrogens is 6. The fraction of sp³-hybridized carbons (Fsp3) is 0.214. The number of anilines is 1. The van der Waals surface area contributed by atoms with Crippen LogP contribution in [-0.2, 0) is 48.6 Å². The van der Waals surface area contributed by atoms with E-state index in [2.05, 4.69) is 101 Å². The summed E-state index contributed by atoms with van der Waals surface area (Å²) >= 11 is 7.06. The molecule has 0 atom stereocenters. The molecule has 0 aliphatic carbocycles. The van der Waals surface area contributed by atoms with E-state index in [9.17, 15) is 5.21 Å². The zero-order valence-corrected chi connectivity index (χ0v) is 42.3. The van der Waals surface area contributed by atoms with Crippen LogP contribution in [-0.4, -0.2) is 56.7 Å². The first-order chi connectivity index (χ1) is 34.2. The average Bonchev–Trinajstić information content (AvgIpc) is 3.92. The molecule has 3 N–H and O–H groups in total. The zero-order chi connectivity index (χ0) is 48.4. The van der Waals surface area contributed by atoms with Gasteiger partial charge in [0, 0.05) is 64.3 Å². The van der Waals surface area contributed by atoms with E-state index >= 15 is 0 Å². The maximum absolute atomic E-state index is 10.6. The summed E-state index contributed by atoms with van der Waals surface area (Å²) in [5.74, 6) is 4.05. The van der Waals surface area contributed by atoms with Crippen LogP contribution in [0.2, 0.25) is 0 Å². The minimum absolute atomic E-state index is 0.445. The Morgan fingerprint density at radius 3 is 1.63 bits per heavy atom. The van der Waals surface area contributed by atoms with Crippen molar-refractivity contribution in [3.8, 4) is 11.5 Å². The van der Waals surface area contributed by atoms with E-state index in [1.54, 1.807) is 20.4 Å². The SMILES string of the molecule is COc1ccc(Cn2c(CCCOCc3ccccc3)nc3c(N)nc4cc(Br)ccc4c32)cc1.COc1ccc(Cn2c(CCCOCc3ccccc3)nc3c[n+](O)c4cc(Br)ccc4c32)cc1. The van der Waals surface area contributed by atoms with Gasteiger partial charge < -0.3 is 33.8 Å². The molecule has 0 bridgehead atoms. The van der Waals surface area contributed by atoms with E-state index in [-0.39, 0.29) is 0 Å². The molecule has 0 fully saturated rings. The number of rotatable bonds is 18. The number of halogens is 2. The minimum Gasteiger partial charge on any atom is -0.497 e. The van der Waals surface area contributed by atoms with Gasteiger partial charge in [-0.3, -0.25) is 5.21 Å². The van der Waals surface area contributed by atoms with Crippen molar-refractivity contribution >= 4 is 81.6 Å². The van der Waals surface area contributed by atoms with Gasteiger partial charge in [0.15, 0.2) is 11.3 Å². The van der Waals surface area contributed by atoms with Crippen molar-refractivity contribution < 1.29 is 28.9 Å². The molecule has 0 radical (unpaired) electrons. The van der Waals surface area contributed by atoms with Gasteiger partial charge in [-0.1, -0.05) is 117 Å². The first kappa shape index (κ1) is 48.2. The number of nitrogens with two attached hydrogens (primary N) is 1. The first-order valence-electron chi connectivity index (χ1n) is 23.2. The van der Waals surface area contributed by atoms with Crippen molar-refractivity contribution in [2.45, 2.75) is 52.0 Å². The monoisotopic (exact) mass is 1060 g/mol. The molecule has 70 heavy (non-hydrogen) atoms. The van der Waals surface area contributed by atoms with Gasteiger partial charge in [0.2, 0.25) is 0 Å². The van der Waals surface area contributed by atoms with Crippen molar-refractivity contribution in [3.05, 3.63) is 195 Å². The normalized spacial score (nSPS) is 11.4. The summed E-state index contributed by atoms with van der Waals surface area (Å²) in [7, 11) is 3.35. The quantitative estimate of drug-likeness (QED) is 0.0489. The minimum atomic E-state index is 0.445. The summed E-state index contributed by atoms with van der Waals surface area (Å²) in [6.45, 7) is 3.86. The Hall–Kier alpha value is -6.84. The predicted octanol–water partition coefficient (Wildman–Crippen LogP) is 11.8. The number of ether oxygens (including phenoxy) is 4. The molecule has 10 rings (SSSR count). The number of nitrogen functional groups attached to an aromatic ring is 1. The lowest BCUT2D eigenvalue weighted by molar-refractivity contribution is -0.883. The Labute approximate surface area is 423 Å². The summed E-state index contributed by atoms with van der Waals surface area (Å²) < 4.78 is 30.0. The molecule has 4 aromatic heterocycles. The van der Waals surface area contributed by atoms with Crippen LogP contribution < -0.4 is 19.9 Å². The summed E-state index contributed by atoms with van der Waals surface area (Å²) in [5.41, 5.74) is 16.1. The Kier molecular flexibility index (Phi) is 15.6. The van der Waals surface area contributed by atoms with Gasteiger partial charge in [-0.25, -0.2) is 15.0 Å². The third-order valence-electron chi connectivity index (χ3n) is 12.1. The van der Waals surface area contributed by atoms with Crippen LogP contribution in [0.15, 0.2) is 161 Å². The number of fused-ring (bicyclic) bond motifs is 6. The second-order valence-corrected chi connectivity index (χ2v) is 18.8. The Balaban J connectivity index is 0.000000174. The summed E-state index contributed by atoms with van der Waals surface area (Å²) in [6.07, 6.45) is 4.93. The van der Waals surface area contributed by atoms with Crippen LogP contribution in [0.25, 0.3) is 43.9 Å². The molecule has 0 saturated carbocycles. The fourth-order valence-corrected chi connectivity index (χ4v) is 9.34. The molecule has 0 aliphatic heterocycles. The number of hydrogen-bond acceptors (Lipinski definition) is 9. The summed E-state index contributed by atoms with van der Waals surface area (Å²) in [5, 5.41) is 12.6. The molecule has 0 spiro atoms. The standard InChI is InChI=1S/C28H27BrN4O2.C28H27BrN3O3/c1-34-22-12-9-19(10-13-22)17-33-25(8-5-15-35-18-20-6-3-2-4-7-20)32-26-27(33)23-14-11-21(29)16-24(23)31-28(26)30;1-34-23-12-9-20(10-13-23)17-31-27(8-5-15-35-19-21-6-3-2-4-7-21)30-25-18-32(33)26-16-22(29)11-14-24(26)28(25)31/h2-4,6-7,9-14,16H,5,8,15,17-18H2,1H3,(H2,30,31);2-4,6-7,9-14,16,18,33H,5,8,15,17,19H2,1H3/q;+1. The Morgan fingerprint density at radius 1 is 0.557 bits per heavy atom. The molecule has 10 aromatic rings. The lowest BCUT2D eigenvalue weighted by Crippen LogP contribution is -2.30. The molecule has 6 aromatic carbocycles. The largest absolute Gasteiger partial charge is 0.497 e. The molecular weight excluding hydrogens is 1010 g/mol. The fourth-order valence-electron chi connectivity index (χ4n) is 8.65. The number of aryl methyl sites for hydroxylation is 2. The number of hydrogen-bond donors (Lipinski definition) is 2. The van der Waals surface area contributed by atoms with Gasteiger partial charge in [-0.2, -0.15) is 0 Å². The molecule has 12 nitrogen and oxygen atoms in total. The molecule has 356 valence electrons.